The van der Waals surface area contributed by atoms with Crippen molar-refractivity contribution >= 4 is 21.8 Å². The van der Waals surface area contributed by atoms with Crippen LogP contribution in [0.2, 0.25) is 0 Å². The molecule has 0 atom stereocenters. The molecule has 1 aliphatic rings. The summed E-state index contributed by atoms with van der Waals surface area (Å²) in [4.78, 5) is 14.5. The fraction of sp³-hybridized carbons (Fsp3) is 0.533. The summed E-state index contributed by atoms with van der Waals surface area (Å²) in [6, 6.07) is 5.53. The third-order valence-corrected chi connectivity index (χ3v) is 4.16. The maximum absolute atomic E-state index is 12.6. The monoisotopic (exact) mass is 325 g/mol. The fourth-order valence-electron chi connectivity index (χ4n) is 2.67. The number of rotatable bonds is 4. The Bertz CT molecular complexity index is 455. The molecule has 1 amide bonds. The molecule has 0 spiro atoms. The van der Waals surface area contributed by atoms with Gasteiger partial charge in [-0.1, -0.05) is 34.8 Å². The molecule has 104 valence electrons. The number of aryl methyl sites for hydroxylation is 1. The maximum Gasteiger partial charge on any atom is 0.254 e. The van der Waals surface area contributed by atoms with Crippen LogP contribution in [0.3, 0.4) is 0 Å². The van der Waals surface area contributed by atoms with E-state index in [1.807, 2.05) is 11.8 Å². The summed E-state index contributed by atoms with van der Waals surface area (Å²) in [5.74, 6) is 0.220. The summed E-state index contributed by atoms with van der Waals surface area (Å²) in [7, 11) is 0. The second-order valence-electron chi connectivity index (χ2n) is 5.13. The smallest absolute Gasteiger partial charge is 0.254 e. The van der Waals surface area contributed by atoms with Crippen molar-refractivity contribution in [2.75, 3.05) is 11.9 Å². The Morgan fingerprint density at radius 2 is 2.11 bits per heavy atom. The molecular formula is C15H20BrNO2. The Labute approximate surface area is 122 Å². The predicted octanol–water partition coefficient (Wildman–Crippen LogP) is 3.48. The number of halogens is 1. The number of alkyl halides is 1. The molecule has 0 unspecified atom stereocenters. The number of hydrogen-bond acceptors (Lipinski definition) is 2. The molecule has 1 aromatic rings. The van der Waals surface area contributed by atoms with Gasteiger partial charge in [0.15, 0.2) is 0 Å². The van der Waals surface area contributed by atoms with E-state index >= 15 is 0 Å². The molecule has 0 heterocycles. The number of carbonyl (C=O) groups is 1. The van der Waals surface area contributed by atoms with Crippen molar-refractivity contribution < 1.29 is 9.90 Å². The van der Waals surface area contributed by atoms with Gasteiger partial charge >= 0.3 is 0 Å². The zero-order chi connectivity index (χ0) is 13.8. The number of phenols is 1. The van der Waals surface area contributed by atoms with Crippen LogP contribution in [0.5, 0.6) is 5.75 Å². The fourth-order valence-corrected chi connectivity index (χ4v) is 3.05. The minimum Gasteiger partial charge on any atom is -0.508 e. The van der Waals surface area contributed by atoms with Gasteiger partial charge in [0, 0.05) is 23.5 Å². The summed E-state index contributed by atoms with van der Waals surface area (Å²) < 4.78 is 0. The van der Waals surface area contributed by atoms with Crippen LogP contribution in [0.25, 0.3) is 0 Å². The van der Waals surface area contributed by atoms with Crippen molar-refractivity contribution in [2.24, 2.45) is 0 Å². The second-order valence-corrected chi connectivity index (χ2v) is 5.92. The number of benzene rings is 1. The first kappa shape index (κ1) is 14.4. The topological polar surface area (TPSA) is 40.5 Å². The molecule has 1 aromatic carbocycles. The molecule has 0 aliphatic heterocycles. The van der Waals surface area contributed by atoms with Gasteiger partial charge in [-0.15, -0.1) is 0 Å². The largest absolute Gasteiger partial charge is 0.508 e. The van der Waals surface area contributed by atoms with Crippen molar-refractivity contribution in [1.82, 2.24) is 4.90 Å². The summed E-state index contributed by atoms with van der Waals surface area (Å²) in [6.07, 6.45) is 4.60. The molecule has 1 fully saturated rings. The van der Waals surface area contributed by atoms with Gasteiger partial charge < -0.3 is 10.0 Å². The quantitative estimate of drug-likeness (QED) is 0.861. The Hall–Kier alpha value is -1.03. The summed E-state index contributed by atoms with van der Waals surface area (Å²) in [6.45, 7) is 2.55. The van der Waals surface area contributed by atoms with E-state index in [0.29, 0.717) is 11.6 Å². The van der Waals surface area contributed by atoms with Gasteiger partial charge in [0.25, 0.3) is 5.91 Å². The summed E-state index contributed by atoms with van der Waals surface area (Å²) in [5.41, 5.74) is 1.38. The predicted molar refractivity (Wildman–Crippen MR) is 79.9 cm³/mol. The van der Waals surface area contributed by atoms with Gasteiger partial charge in [-0.05, 0) is 37.5 Å². The SMILES string of the molecule is Cc1ccc(C(=O)N(CCBr)C2CCCC2)cc1O. The van der Waals surface area contributed by atoms with Crippen molar-refractivity contribution in [3.05, 3.63) is 29.3 Å². The van der Waals surface area contributed by atoms with Gasteiger partial charge in [-0.25, -0.2) is 0 Å². The zero-order valence-corrected chi connectivity index (χ0v) is 12.8. The first-order chi connectivity index (χ1) is 9.13. The van der Waals surface area contributed by atoms with E-state index in [-0.39, 0.29) is 11.7 Å². The number of amides is 1. The van der Waals surface area contributed by atoms with Gasteiger partial charge in [-0.2, -0.15) is 0 Å². The van der Waals surface area contributed by atoms with Crippen LogP contribution in [-0.4, -0.2) is 33.8 Å². The number of aromatic hydroxyl groups is 1. The molecule has 0 aromatic heterocycles. The van der Waals surface area contributed by atoms with E-state index in [1.54, 1.807) is 18.2 Å². The van der Waals surface area contributed by atoms with E-state index in [9.17, 15) is 9.90 Å². The van der Waals surface area contributed by atoms with E-state index < -0.39 is 0 Å². The number of hydrogen-bond donors (Lipinski definition) is 1. The number of phenolic OH excluding ortho intramolecular Hbond substituents is 1. The maximum atomic E-state index is 12.6. The lowest BCUT2D eigenvalue weighted by atomic mass is 10.1. The summed E-state index contributed by atoms with van der Waals surface area (Å²) in [5, 5.41) is 10.5. The summed E-state index contributed by atoms with van der Waals surface area (Å²) >= 11 is 3.42. The molecule has 1 saturated carbocycles. The zero-order valence-electron chi connectivity index (χ0n) is 11.2. The lowest BCUT2D eigenvalue weighted by molar-refractivity contribution is 0.0696. The Kier molecular flexibility index (Phi) is 4.86. The normalized spacial score (nSPS) is 15.7. The third kappa shape index (κ3) is 3.30. The molecule has 19 heavy (non-hydrogen) atoms. The van der Waals surface area contributed by atoms with E-state index in [2.05, 4.69) is 15.9 Å². The molecule has 0 bridgehead atoms. The van der Waals surface area contributed by atoms with Gasteiger partial charge in [-0.3, -0.25) is 4.79 Å². The lowest BCUT2D eigenvalue weighted by Crippen LogP contribution is -2.40. The van der Waals surface area contributed by atoms with Crippen LogP contribution in [0.1, 0.15) is 41.6 Å². The molecule has 1 aliphatic carbocycles. The van der Waals surface area contributed by atoms with E-state index in [0.717, 1.165) is 30.3 Å². The van der Waals surface area contributed by atoms with E-state index in [1.165, 1.54) is 12.8 Å². The molecule has 3 nitrogen and oxygen atoms in total. The van der Waals surface area contributed by atoms with Crippen molar-refractivity contribution in [3.63, 3.8) is 0 Å². The Morgan fingerprint density at radius 1 is 1.42 bits per heavy atom. The van der Waals surface area contributed by atoms with Crippen LogP contribution < -0.4 is 0 Å². The minimum atomic E-state index is 0.0293. The highest BCUT2D eigenvalue weighted by Gasteiger charge is 2.27. The lowest BCUT2D eigenvalue weighted by Gasteiger charge is -2.28. The molecule has 1 N–H and O–H groups in total. The highest BCUT2D eigenvalue weighted by atomic mass is 79.9. The van der Waals surface area contributed by atoms with Crippen LogP contribution in [-0.2, 0) is 0 Å². The Morgan fingerprint density at radius 3 is 2.68 bits per heavy atom. The Balaban J connectivity index is 2.20. The van der Waals surface area contributed by atoms with Crippen LogP contribution in [0.15, 0.2) is 18.2 Å². The standard InChI is InChI=1S/C15H20BrNO2/c1-11-6-7-12(10-14(11)18)15(19)17(9-8-16)13-4-2-3-5-13/h6-7,10,13,18H,2-5,8-9H2,1H3. The average Bonchev–Trinajstić information content (AvgIpc) is 2.92. The molecule has 0 radical (unpaired) electrons. The van der Waals surface area contributed by atoms with Crippen LogP contribution in [0.4, 0.5) is 0 Å². The van der Waals surface area contributed by atoms with Crippen LogP contribution >= 0.6 is 15.9 Å². The van der Waals surface area contributed by atoms with Crippen molar-refractivity contribution in [1.29, 1.82) is 0 Å². The highest BCUT2D eigenvalue weighted by Crippen LogP contribution is 2.26. The van der Waals surface area contributed by atoms with Crippen molar-refractivity contribution in [3.8, 4) is 5.75 Å². The number of carbonyl (C=O) groups excluding carboxylic acids is 1. The molecular weight excluding hydrogens is 306 g/mol. The molecule has 0 saturated heterocycles. The number of nitrogens with zero attached hydrogens (tertiary/aromatic N) is 1. The highest BCUT2D eigenvalue weighted by molar-refractivity contribution is 9.09. The third-order valence-electron chi connectivity index (χ3n) is 3.81. The van der Waals surface area contributed by atoms with E-state index in [4.69, 9.17) is 0 Å². The van der Waals surface area contributed by atoms with Gasteiger partial charge in [0.1, 0.15) is 5.75 Å². The average molecular weight is 326 g/mol. The molecule has 4 heteroatoms. The first-order valence-electron chi connectivity index (χ1n) is 6.80. The second kappa shape index (κ2) is 6.42. The van der Waals surface area contributed by atoms with Gasteiger partial charge in [0.2, 0.25) is 0 Å². The van der Waals surface area contributed by atoms with Crippen molar-refractivity contribution in [2.45, 2.75) is 38.6 Å². The first-order valence-corrected chi connectivity index (χ1v) is 7.92. The minimum absolute atomic E-state index is 0.0293. The van der Waals surface area contributed by atoms with Gasteiger partial charge in [0.05, 0.1) is 0 Å². The molecule has 2 rings (SSSR count). The van der Waals surface area contributed by atoms with Crippen LogP contribution in [0, 0.1) is 6.92 Å².